The summed E-state index contributed by atoms with van der Waals surface area (Å²) in [6.07, 6.45) is 2.80. The van der Waals surface area contributed by atoms with Crippen molar-refractivity contribution >= 4 is 33.0 Å². The van der Waals surface area contributed by atoms with Crippen LogP contribution in [0.4, 0.5) is 0 Å². The zero-order valence-electron chi connectivity index (χ0n) is 12.1. The van der Waals surface area contributed by atoms with Crippen molar-refractivity contribution in [1.29, 1.82) is 0 Å². The molecule has 0 saturated heterocycles. The number of hydrogen-bond donors (Lipinski definition) is 0. The molecule has 0 aliphatic carbocycles. The topological polar surface area (TPSA) is 50.3 Å². The zero-order chi connectivity index (χ0) is 15.1. The van der Waals surface area contributed by atoms with Crippen molar-refractivity contribution in [1.82, 2.24) is 9.29 Å². The molecule has 2 rings (SSSR count). The molecule has 2 heterocycles. The fourth-order valence-electron chi connectivity index (χ4n) is 2.26. The highest BCUT2D eigenvalue weighted by atomic mass is 35.5. The third-order valence-electron chi connectivity index (χ3n) is 3.44. The van der Waals surface area contributed by atoms with E-state index in [1.165, 1.54) is 9.88 Å². The highest BCUT2D eigenvalue weighted by molar-refractivity contribution is 7.91. The van der Waals surface area contributed by atoms with E-state index in [2.05, 4.69) is 25.8 Å². The monoisotopic (exact) mass is 334 g/mol. The largest absolute Gasteiger partial charge is 0.254 e. The molecule has 1 aromatic rings. The van der Waals surface area contributed by atoms with Gasteiger partial charge >= 0.3 is 0 Å². The maximum Gasteiger partial charge on any atom is 0.254 e. The van der Waals surface area contributed by atoms with Gasteiger partial charge in [-0.05, 0) is 18.8 Å². The van der Waals surface area contributed by atoms with E-state index in [1.807, 2.05) is 6.08 Å². The molecule has 0 radical (unpaired) electrons. The van der Waals surface area contributed by atoms with Crippen molar-refractivity contribution in [2.45, 2.75) is 38.3 Å². The van der Waals surface area contributed by atoms with Crippen LogP contribution in [0, 0.1) is 12.3 Å². The van der Waals surface area contributed by atoms with E-state index in [1.54, 1.807) is 6.92 Å². The number of aromatic nitrogens is 1. The van der Waals surface area contributed by atoms with Crippen LogP contribution in [0.2, 0.25) is 4.47 Å². The SMILES string of the molecule is Cc1nc(Cl)sc1S(=O)(=O)N1CC=C(C(C)(C)C)CC1. The van der Waals surface area contributed by atoms with E-state index < -0.39 is 10.0 Å². The van der Waals surface area contributed by atoms with Crippen LogP contribution >= 0.6 is 22.9 Å². The molecular formula is C13H19ClN2O2S2. The molecule has 112 valence electrons. The predicted molar refractivity (Wildman–Crippen MR) is 82.8 cm³/mol. The summed E-state index contributed by atoms with van der Waals surface area (Å²) in [6, 6.07) is 0. The lowest BCUT2D eigenvalue weighted by Gasteiger charge is -2.31. The molecule has 1 aliphatic heterocycles. The molecule has 0 spiro atoms. The van der Waals surface area contributed by atoms with Gasteiger partial charge in [0.15, 0.2) is 8.68 Å². The van der Waals surface area contributed by atoms with Gasteiger partial charge in [-0.3, -0.25) is 0 Å². The first kappa shape index (κ1) is 15.9. The standard InChI is InChI=1S/C13H19ClN2O2S2/c1-9-11(19-12(14)15-9)20(17,18)16-7-5-10(6-8-16)13(2,3)4/h5H,6-8H2,1-4H3. The lowest BCUT2D eigenvalue weighted by Crippen LogP contribution is -2.36. The molecule has 0 saturated carbocycles. The van der Waals surface area contributed by atoms with Crippen molar-refractivity contribution in [3.05, 3.63) is 21.8 Å². The minimum Gasteiger partial charge on any atom is -0.229 e. The average molecular weight is 335 g/mol. The smallest absolute Gasteiger partial charge is 0.229 e. The minimum atomic E-state index is -3.48. The Bertz CT molecular complexity index is 642. The Balaban J connectivity index is 2.26. The first-order valence-electron chi connectivity index (χ1n) is 6.45. The van der Waals surface area contributed by atoms with E-state index in [0.29, 0.717) is 18.8 Å². The Morgan fingerprint density at radius 2 is 2.05 bits per heavy atom. The molecule has 0 atom stereocenters. The Labute approximate surface area is 129 Å². The summed E-state index contributed by atoms with van der Waals surface area (Å²) in [5.41, 5.74) is 1.88. The lowest BCUT2D eigenvalue weighted by molar-refractivity contribution is 0.390. The molecule has 4 nitrogen and oxygen atoms in total. The molecule has 0 amide bonds. The van der Waals surface area contributed by atoms with Gasteiger partial charge in [0, 0.05) is 13.1 Å². The van der Waals surface area contributed by atoms with Crippen LogP contribution in [0.3, 0.4) is 0 Å². The molecule has 7 heteroatoms. The Morgan fingerprint density at radius 3 is 2.45 bits per heavy atom. The van der Waals surface area contributed by atoms with Gasteiger partial charge in [0.1, 0.15) is 0 Å². The summed E-state index contributed by atoms with van der Waals surface area (Å²) in [5, 5.41) is 0. The second-order valence-corrected chi connectivity index (χ2v) is 9.65. The number of aryl methyl sites for hydroxylation is 1. The quantitative estimate of drug-likeness (QED) is 0.778. The van der Waals surface area contributed by atoms with Crippen LogP contribution in [0.15, 0.2) is 15.9 Å². The van der Waals surface area contributed by atoms with Crippen LogP contribution in [-0.4, -0.2) is 30.8 Å². The second kappa shape index (κ2) is 5.40. The third kappa shape index (κ3) is 3.08. The summed E-state index contributed by atoms with van der Waals surface area (Å²) in [6.45, 7) is 9.06. The zero-order valence-corrected chi connectivity index (χ0v) is 14.5. The van der Waals surface area contributed by atoms with E-state index >= 15 is 0 Å². The number of thiazole rings is 1. The second-order valence-electron chi connectivity index (χ2n) is 5.93. The van der Waals surface area contributed by atoms with Crippen molar-refractivity contribution < 1.29 is 8.42 Å². The molecule has 0 aromatic carbocycles. The van der Waals surface area contributed by atoms with Gasteiger partial charge in [-0.2, -0.15) is 4.31 Å². The highest BCUT2D eigenvalue weighted by Crippen LogP contribution is 2.34. The molecule has 1 aliphatic rings. The van der Waals surface area contributed by atoms with Crippen molar-refractivity contribution in [2.24, 2.45) is 5.41 Å². The molecule has 0 N–H and O–H groups in total. The lowest BCUT2D eigenvalue weighted by atomic mass is 9.83. The third-order valence-corrected chi connectivity index (χ3v) is 7.15. The Morgan fingerprint density at radius 1 is 1.40 bits per heavy atom. The first-order chi connectivity index (χ1) is 9.12. The van der Waals surface area contributed by atoms with Crippen LogP contribution in [-0.2, 0) is 10.0 Å². The average Bonchev–Trinajstić information content (AvgIpc) is 2.68. The molecule has 1 aromatic heterocycles. The van der Waals surface area contributed by atoms with Gasteiger partial charge in [0.05, 0.1) is 5.69 Å². The first-order valence-corrected chi connectivity index (χ1v) is 9.08. The number of sulfonamides is 1. The predicted octanol–water partition coefficient (Wildman–Crippen LogP) is 3.47. The number of nitrogens with zero attached hydrogens (tertiary/aromatic N) is 2. The number of halogens is 1. The molecule has 0 unspecified atom stereocenters. The van der Waals surface area contributed by atoms with Crippen molar-refractivity contribution in [2.75, 3.05) is 13.1 Å². The van der Waals surface area contributed by atoms with Crippen molar-refractivity contribution in [3.63, 3.8) is 0 Å². The number of hydrogen-bond acceptors (Lipinski definition) is 4. The van der Waals surface area contributed by atoms with E-state index in [-0.39, 0.29) is 14.1 Å². The van der Waals surface area contributed by atoms with Gasteiger partial charge in [-0.15, -0.1) is 0 Å². The summed E-state index contributed by atoms with van der Waals surface area (Å²) < 4.78 is 27.2. The van der Waals surface area contributed by atoms with Crippen LogP contribution in [0.5, 0.6) is 0 Å². The van der Waals surface area contributed by atoms with E-state index in [0.717, 1.165) is 17.8 Å². The minimum absolute atomic E-state index is 0.0968. The van der Waals surface area contributed by atoms with E-state index in [4.69, 9.17) is 11.6 Å². The summed E-state index contributed by atoms with van der Waals surface area (Å²) in [5.74, 6) is 0. The van der Waals surface area contributed by atoms with Gasteiger partial charge in [0.2, 0.25) is 0 Å². The fraction of sp³-hybridized carbons (Fsp3) is 0.615. The van der Waals surface area contributed by atoms with Crippen LogP contribution in [0.1, 0.15) is 32.9 Å². The maximum atomic E-state index is 12.6. The van der Waals surface area contributed by atoms with Gasteiger partial charge in [0.25, 0.3) is 10.0 Å². The van der Waals surface area contributed by atoms with Crippen LogP contribution in [0.25, 0.3) is 0 Å². The van der Waals surface area contributed by atoms with Gasteiger partial charge in [-0.1, -0.05) is 55.4 Å². The molecule has 0 bridgehead atoms. The molecule has 20 heavy (non-hydrogen) atoms. The van der Waals surface area contributed by atoms with Crippen molar-refractivity contribution in [3.8, 4) is 0 Å². The molecular weight excluding hydrogens is 316 g/mol. The summed E-state index contributed by atoms with van der Waals surface area (Å²) >= 11 is 6.83. The Hall–Kier alpha value is -0.430. The Kier molecular flexibility index (Phi) is 4.31. The highest BCUT2D eigenvalue weighted by Gasteiger charge is 2.31. The van der Waals surface area contributed by atoms with E-state index in [9.17, 15) is 8.42 Å². The maximum absolute atomic E-state index is 12.6. The summed E-state index contributed by atoms with van der Waals surface area (Å²) in [4.78, 5) is 3.99. The van der Waals surface area contributed by atoms with Crippen LogP contribution < -0.4 is 0 Å². The normalized spacial score (nSPS) is 18.1. The molecule has 0 fully saturated rings. The summed E-state index contributed by atoms with van der Waals surface area (Å²) in [7, 11) is -3.48. The fourth-order valence-corrected chi connectivity index (χ4v) is 5.51. The van der Waals surface area contributed by atoms with Gasteiger partial charge < -0.3 is 0 Å². The number of rotatable bonds is 2. The van der Waals surface area contributed by atoms with Gasteiger partial charge in [-0.25, -0.2) is 13.4 Å².